The van der Waals surface area contributed by atoms with Crippen LogP contribution >= 0.6 is 0 Å². The molecule has 0 saturated heterocycles. The number of fused-ring (bicyclic) bond motifs is 1. The molecule has 0 radical (unpaired) electrons. The molecular formula is C20H21N3O2. The average molecular weight is 335 g/mol. The number of rotatable bonds is 5. The zero-order valence-electron chi connectivity index (χ0n) is 14.7. The number of nitrogens with zero attached hydrogens (tertiary/aromatic N) is 2. The Kier molecular flexibility index (Phi) is 4.93. The van der Waals surface area contributed by atoms with Crippen LogP contribution in [0, 0.1) is 13.8 Å². The fourth-order valence-corrected chi connectivity index (χ4v) is 2.64. The molecule has 0 atom stereocenters. The van der Waals surface area contributed by atoms with E-state index in [1.54, 1.807) is 0 Å². The van der Waals surface area contributed by atoms with Gasteiger partial charge in [0.25, 0.3) is 5.91 Å². The van der Waals surface area contributed by atoms with Crippen LogP contribution in [0.1, 0.15) is 23.9 Å². The SMILES string of the molecule is CCc1nc(OCC(=O)Nc2ccc(C)cc2C)c2ccccc2n1. The summed E-state index contributed by atoms with van der Waals surface area (Å²) in [5.41, 5.74) is 3.79. The van der Waals surface area contributed by atoms with Crippen LogP contribution in [-0.2, 0) is 11.2 Å². The third-order valence-electron chi connectivity index (χ3n) is 3.93. The van der Waals surface area contributed by atoms with E-state index in [4.69, 9.17) is 4.74 Å². The maximum atomic E-state index is 12.2. The van der Waals surface area contributed by atoms with Crippen molar-refractivity contribution in [1.82, 2.24) is 9.97 Å². The third kappa shape index (κ3) is 3.94. The molecule has 0 aliphatic heterocycles. The highest BCUT2D eigenvalue weighted by molar-refractivity contribution is 5.93. The van der Waals surface area contributed by atoms with Crippen molar-refractivity contribution in [2.24, 2.45) is 0 Å². The number of hydrogen-bond acceptors (Lipinski definition) is 4. The van der Waals surface area contributed by atoms with Gasteiger partial charge in [-0.3, -0.25) is 4.79 Å². The van der Waals surface area contributed by atoms with Gasteiger partial charge in [-0.15, -0.1) is 0 Å². The number of ether oxygens (including phenoxy) is 1. The van der Waals surface area contributed by atoms with Crippen molar-refractivity contribution < 1.29 is 9.53 Å². The van der Waals surface area contributed by atoms with Crippen molar-refractivity contribution in [1.29, 1.82) is 0 Å². The van der Waals surface area contributed by atoms with E-state index in [0.29, 0.717) is 18.1 Å². The second-order valence-corrected chi connectivity index (χ2v) is 5.97. The van der Waals surface area contributed by atoms with Crippen molar-refractivity contribution in [2.45, 2.75) is 27.2 Å². The normalized spacial score (nSPS) is 10.7. The molecule has 3 aromatic rings. The Morgan fingerprint density at radius 2 is 1.92 bits per heavy atom. The first-order valence-corrected chi connectivity index (χ1v) is 8.32. The predicted molar refractivity (Wildman–Crippen MR) is 99.0 cm³/mol. The van der Waals surface area contributed by atoms with E-state index in [0.717, 1.165) is 27.7 Å². The molecule has 3 rings (SSSR count). The monoisotopic (exact) mass is 335 g/mol. The van der Waals surface area contributed by atoms with Gasteiger partial charge >= 0.3 is 0 Å². The Morgan fingerprint density at radius 1 is 1.12 bits per heavy atom. The minimum atomic E-state index is -0.215. The lowest BCUT2D eigenvalue weighted by molar-refractivity contribution is -0.118. The van der Waals surface area contributed by atoms with Crippen LogP contribution in [0.4, 0.5) is 5.69 Å². The number of anilines is 1. The van der Waals surface area contributed by atoms with E-state index in [1.165, 1.54) is 0 Å². The Morgan fingerprint density at radius 3 is 2.68 bits per heavy atom. The minimum Gasteiger partial charge on any atom is -0.467 e. The molecule has 0 bridgehead atoms. The Balaban J connectivity index is 1.74. The standard InChI is InChI=1S/C20H21N3O2/c1-4-18-21-17-8-6-5-7-15(17)20(23-18)25-12-19(24)22-16-10-9-13(2)11-14(16)3/h5-11H,4,12H2,1-3H3,(H,22,24). The number of para-hydroxylation sites is 1. The number of carbonyl (C=O) groups excluding carboxylic acids is 1. The smallest absolute Gasteiger partial charge is 0.262 e. The molecule has 0 spiro atoms. The lowest BCUT2D eigenvalue weighted by Crippen LogP contribution is -2.21. The van der Waals surface area contributed by atoms with E-state index in [-0.39, 0.29) is 12.5 Å². The van der Waals surface area contributed by atoms with Crippen molar-refractivity contribution >= 4 is 22.5 Å². The van der Waals surface area contributed by atoms with E-state index in [9.17, 15) is 4.79 Å². The minimum absolute atomic E-state index is 0.0997. The van der Waals surface area contributed by atoms with Crippen LogP contribution in [0.25, 0.3) is 10.9 Å². The fraction of sp³-hybridized carbons (Fsp3) is 0.250. The van der Waals surface area contributed by atoms with Crippen LogP contribution in [-0.4, -0.2) is 22.5 Å². The summed E-state index contributed by atoms with van der Waals surface area (Å²) in [5, 5.41) is 3.68. The summed E-state index contributed by atoms with van der Waals surface area (Å²) in [5.74, 6) is 0.925. The summed E-state index contributed by atoms with van der Waals surface area (Å²) in [7, 11) is 0. The van der Waals surface area contributed by atoms with Crippen molar-refractivity contribution in [3.8, 4) is 5.88 Å². The summed E-state index contributed by atoms with van der Waals surface area (Å²) in [6.07, 6.45) is 0.704. The molecule has 5 heteroatoms. The number of carbonyl (C=O) groups is 1. The second kappa shape index (κ2) is 7.30. The van der Waals surface area contributed by atoms with Gasteiger partial charge in [-0.2, -0.15) is 4.98 Å². The second-order valence-electron chi connectivity index (χ2n) is 5.97. The third-order valence-corrected chi connectivity index (χ3v) is 3.93. The van der Waals surface area contributed by atoms with Crippen LogP contribution in [0.3, 0.4) is 0 Å². The zero-order chi connectivity index (χ0) is 17.8. The maximum absolute atomic E-state index is 12.2. The molecule has 0 unspecified atom stereocenters. The Labute approximate surface area is 147 Å². The van der Waals surface area contributed by atoms with Gasteiger partial charge in [0.1, 0.15) is 5.82 Å². The van der Waals surface area contributed by atoms with Gasteiger partial charge in [0.05, 0.1) is 10.9 Å². The molecule has 5 nitrogen and oxygen atoms in total. The van der Waals surface area contributed by atoms with Gasteiger partial charge in [-0.25, -0.2) is 4.98 Å². The van der Waals surface area contributed by atoms with Gasteiger partial charge in [-0.05, 0) is 37.6 Å². The van der Waals surface area contributed by atoms with Crippen molar-refractivity contribution in [2.75, 3.05) is 11.9 Å². The van der Waals surface area contributed by atoms with Crippen molar-refractivity contribution in [3.63, 3.8) is 0 Å². The first-order valence-electron chi connectivity index (χ1n) is 8.32. The number of aromatic nitrogens is 2. The number of amides is 1. The van der Waals surface area contributed by atoms with E-state index < -0.39 is 0 Å². The molecule has 1 aromatic heterocycles. The van der Waals surface area contributed by atoms with Crippen LogP contribution in [0.15, 0.2) is 42.5 Å². The van der Waals surface area contributed by atoms with E-state index >= 15 is 0 Å². The largest absolute Gasteiger partial charge is 0.467 e. The quantitative estimate of drug-likeness (QED) is 0.770. The maximum Gasteiger partial charge on any atom is 0.262 e. The fourth-order valence-electron chi connectivity index (χ4n) is 2.64. The first-order chi connectivity index (χ1) is 12.1. The van der Waals surface area contributed by atoms with Gasteiger partial charge in [0, 0.05) is 12.1 Å². The predicted octanol–water partition coefficient (Wildman–Crippen LogP) is 3.83. The lowest BCUT2D eigenvalue weighted by atomic mass is 10.1. The summed E-state index contributed by atoms with van der Waals surface area (Å²) in [6, 6.07) is 13.5. The van der Waals surface area contributed by atoms with Gasteiger partial charge < -0.3 is 10.1 Å². The number of hydrogen-bond donors (Lipinski definition) is 1. The van der Waals surface area contributed by atoms with Gasteiger partial charge in [-0.1, -0.05) is 36.8 Å². The summed E-state index contributed by atoms with van der Waals surface area (Å²) in [4.78, 5) is 21.1. The highest BCUT2D eigenvalue weighted by Gasteiger charge is 2.11. The van der Waals surface area contributed by atoms with Crippen molar-refractivity contribution in [3.05, 3.63) is 59.4 Å². The Bertz CT molecular complexity index is 922. The molecular weight excluding hydrogens is 314 g/mol. The summed E-state index contributed by atoms with van der Waals surface area (Å²) < 4.78 is 5.70. The molecule has 25 heavy (non-hydrogen) atoms. The molecule has 0 aliphatic rings. The van der Waals surface area contributed by atoms with Crippen LogP contribution in [0.2, 0.25) is 0 Å². The molecule has 1 N–H and O–H groups in total. The number of benzene rings is 2. The molecule has 0 aliphatic carbocycles. The highest BCUT2D eigenvalue weighted by atomic mass is 16.5. The molecule has 0 fully saturated rings. The zero-order valence-corrected chi connectivity index (χ0v) is 14.7. The first kappa shape index (κ1) is 16.9. The highest BCUT2D eigenvalue weighted by Crippen LogP contribution is 2.22. The van der Waals surface area contributed by atoms with Crippen LogP contribution < -0.4 is 10.1 Å². The topological polar surface area (TPSA) is 64.1 Å². The van der Waals surface area contributed by atoms with Gasteiger partial charge in [0.2, 0.25) is 5.88 Å². The summed E-state index contributed by atoms with van der Waals surface area (Å²) in [6.45, 7) is 5.88. The summed E-state index contributed by atoms with van der Waals surface area (Å²) >= 11 is 0. The Hall–Kier alpha value is -2.95. The molecule has 2 aromatic carbocycles. The molecule has 1 heterocycles. The average Bonchev–Trinajstić information content (AvgIpc) is 2.61. The van der Waals surface area contributed by atoms with E-state index in [1.807, 2.05) is 63.2 Å². The van der Waals surface area contributed by atoms with Gasteiger partial charge in [0.15, 0.2) is 6.61 Å². The molecule has 0 saturated carbocycles. The number of nitrogens with one attached hydrogen (secondary N) is 1. The number of aryl methyl sites for hydroxylation is 3. The lowest BCUT2D eigenvalue weighted by Gasteiger charge is -2.11. The molecule has 1 amide bonds. The molecule has 128 valence electrons. The van der Waals surface area contributed by atoms with E-state index in [2.05, 4.69) is 15.3 Å². The van der Waals surface area contributed by atoms with Crippen LogP contribution in [0.5, 0.6) is 5.88 Å².